The first-order valence-electron chi connectivity index (χ1n) is 5.30. The molecule has 92 valence electrons. The van der Waals surface area contributed by atoms with E-state index >= 15 is 0 Å². The molecule has 0 radical (unpaired) electrons. The van der Waals surface area contributed by atoms with E-state index in [0.717, 1.165) is 15.7 Å². The smallest absolute Gasteiger partial charge is 0.339 e. The highest BCUT2D eigenvalue weighted by molar-refractivity contribution is 9.10. The van der Waals surface area contributed by atoms with Crippen LogP contribution in [0.4, 0.5) is 5.82 Å². The van der Waals surface area contributed by atoms with Crippen molar-refractivity contribution in [3.8, 4) is 11.3 Å². The SMILES string of the molecule is CNc1nc(-c2ccc(Br)cc2)ccc1C(=O)O. The van der Waals surface area contributed by atoms with E-state index < -0.39 is 5.97 Å². The zero-order chi connectivity index (χ0) is 13.1. The first-order chi connectivity index (χ1) is 8.61. The van der Waals surface area contributed by atoms with E-state index in [-0.39, 0.29) is 5.56 Å². The Morgan fingerprint density at radius 2 is 1.89 bits per heavy atom. The van der Waals surface area contributed by atoms with Gasteiger partial charge in [0.2, 0.25) is 0 Å². The van der Waals surface area contributed by atoms with Crippen molar-refractivity contribution >= 4 is 27.7 Å². The molecule has 0 aliphatic carbocycles. The second-order valence-electron chi connectivity index (χ2n) is 3.65. The second kappa shape index (κ2) is 5.18. The van der Waals surface area contributed by atoms with Gasteiger partial charge in [0.25, 0.3) is 0 Å². The molecule has 1 aromatic carbocycles. The molecule has 5 heteroatoms. The molecule has 0 unspecified atom stereocenters. The molecule has 0 aliphatic heterocycles. The molecule has 0 aliphatic rings. The topological polar surface area (TPSA) is 62.2 Å². The number of benzene rings is 1. The molecule has 1 aromatic heterocycles. The summed E-state index contributed by atoms with van der Waals surface area (Å²) in [4.78, 5) is 15.3. The van der Waals surface area contributed by atoms with Crippen LogP contribution in [0.25, 0.3) is 11.3 Å². The van der Waals surface area contributed by atoms with E-state index in [4.69, 9.17) is 5.11 Å². The maximum Gasteiger partial charge on any atom is 0.339 e. The highest BCUT2D eigenvalue weighted by Crippen LogP contribution is 2.23. The summed E-state index contributed by atoms with van der Waals surface area (Å²) in [7, 11) is 1.65. The summed E-state index contributed by atoms with van der Waals surface area (Å²) in [5.74, 6) is -0.628. The number of halogens is 1. The molecular formula is C13H11BrN2O2. The lowest BCUT2D eigenvalue weighted by atomic mass is 10.1. The number of pyridine rings is 1. The van der Waals surface area contributed by atoms with Crippen LogP contribution in [0.15, 0.2) is 40.9 Å². The third kappa shape index (κ3) is 2.51. The van der Waals surface area contributed by atoms with Crippen LogP contribution in [0.5, 0.6) is 0 Å². The molecule has 0 atom stereocenters. The predicted molar refractivity (Wildman–Crippen MR) is 73.9 cm³/mol. The number of carbonyl (C=O) groups is 1. The van der Waals surface area contributed by atoms with Crippen LogP contribution in [0.1, 0.15) is 10.4 Å². The van der Waals surface area contributed by atoms with Gasteiger partial charge < -0.3 is 10.4 Å². The molecule has 0 spiro atoms. The van der Waals surface area contributed by atoms with Crippen LogP contribution < -0.4 is 5.32 Å². The maximum absolute atomic E-state index is 11.0. The average molecular weight is 307 g/mol. The van der Waals surface area contributed by atoms with Crippen molar-refractivity contribution in [2.45, 2.75) is 0 Å². The Bertz CT molecular complexity index is 582. The number of hydrogen-bond donors (Lipinski definition) is 2. The molecular weight excluding hydrogens is 296 g/mol. The fraction of sp³-hybridized carbons (Fsp3) is 0.0769. The van der Waals surface area contributed by atoms with Crippen molar-refractivity contribution in [3.63, 3.8) is 0 Å². The molecule has 2 N–H and O–H groups in total. The molecule has 4 nitrogen and oxygen atoms in total. The number of carboxylic acid groups (broad SMARTS) is 1. The van der Waals surface area contributed by atoms with Crippen molar-refractivity contribution in [1.29, 1.82) is 0 Å². The van der Waals surface area contributed by atoms with E-state index in [1.807, 2.05) is 24.3 Å². The van der Waals surface area contributed by atoms with Gasteiger partial charge in [-0.3, -0.25) is 0 Å². The number of hydrogen-bond acceptors (Lipinski definition) is 3. The third-order valence-electron chi connectivity index (χ3n) is 2.50. The Balaban J connectivity index is 2.47. The van der Waals surface area contributed by atoms with Crippen molar-refractivity contribution in [1.82, 2.24) is 4.98 Å². The molecule has 18 heavy (non-hydrogen) atoms. The summed E-state index contributed by atoms with van der Waals surface area (Å²) in [6, 6.07) is 10.9. The second-order valence-corrected chi connectivity index (χ2v) is 4.57. The molecule has 0 amide bonds. The van der Waals surface area contributed by atoms with Gasteiger partial charge >= 0.3 is 5.97 Å². The minimum Gasteiger partial charge on any atom is -0.478 e. The first-order valence-corrected chi connectivity index (χ1v) is 6.09. The lowest BCUT2D eigenvalue weighted by Crippen LogP contribution is -2.05. The standard InChI is InChI=1S/C13H11BrN2O2/c1-15-12-10(13(17)18)6-7-11(16-12)8-2-4-9(14)5-3-8/h2-7H,1H3,(H,15,16)(H,17,18). The summed E-state index contributed by atoms with van der Waals surface area (Å²) in [6.45, 7) is 0. The summed E-state index contributed by atoms with van der Waals surface area (Å²) >= 11 is 3.37. The van der Waals surface area contributed by atoms with Crippen LogP contribution in [0.2, 0.25) is 0 Å². The average Bonchev–Trinajstić information content (AvgIpc) is 2.38. The van der Waals surface area contributed by atoms with Crippen molar-refractivity contribution in [2.24, 2.45) is 0 Å². The Morgan fingerprint density at radius 3 is 2.44 bits per heavy atom. The van der Waals surface area contributed by atoms with E-state index in [0.29, 0.717) is 5.82 Å². The summed E-state index contributed by atoms with van der Waals surface area (Å²) in [5.41, 5.74) is 1.84. The van der Waals surface area contributed by atoms with Gasteiger partial charge in [0.15, 0.2) is 0 Å². The number of anilines is 1. The summed E-state index contributed by atoms with van der Waals surface area (Å²) in [5, 5.41) is 11.8. The normalized spacial score (nSPS) is 10.1. The van der Waals surface area contributed by atoms with Gasteiger partial charge in [-0.1, -0.05) is 28.1 Å². The van der Waals surface area contributed by atoms with Gasteiger partial charge in [0.05, 0.1) is 5.69 Å². The van der Waals surface area contributed by atoms with Gasteiger partial charge in [-0.2, -0.15) is 0 Å². The highest BCUT2D eigenvalue weighted by atomic mass is 79.9. The van der Waals surface area contributed by atoms with E-state index in [1.165, 1.54) is 0 Å². The minimum absolute atomic E-state index is 0.165. The van der Waals surface area contributed by atoms with Gasteiger partial charge in [-0.25, -0.2) is 9.78 Å². The van der Waals surface area contributed by atoms with Gasteiger partial charge in [-0.05, 0) is 24.3 Å². The fourth-order valence-electron chi connectivity index (χ4n) is 1.60. The van der Waals surface area contributed by atoms with E-state index in [9.17, 15) is 4.79 Å². The molecule has 2 rings (SSSR count). The number of aromatic nitrogens is 1. The number of aromatic carboxylic acids is 1. The largest absolute Gasteiger partial charge is 0.478 e. The monoisotopic (exact) mass is 306 g/mol. The Hall–Kier alpha value is -1.88. The minimum atomic E-state index is -0.991. The number of rotatable bonds is 3. The van der Waals surface area contributed by atoms with E-state index in [2.05, 4.69) is 26.2 Å². The molecule has 0 saturated carbocycles. The Kier molecular flexibility index (Phi) is 3.62. The maximum atomic E-state index is 11.0. The fourth-order valence-corrected chi connectivity index (χ4v) is 1.87. The van der Waals surface area contributed by atoms with Crippen LogP contribution in [0, 0.1) is 0 Å². The molecule has 2 aromatic rings. The molecule has 0 bridgehead atoms. The Labute approximate surface area is 113 Å². The molecule has 1 heterocycles. The number of nitrogens with one attached hydrogen (secondary N) is 1. The highest BCUT2D eigenvalue weighted by Gasteiger charge is 2.11. The predicted octanol–water partition coefficient (Wildman–Crippen LogP) is 3.25. The van der Waals surface area contributed by atoms with Crippen molar-refractivity contribution in [2.75, 3.05) is 12.4 Å². The summed E-state index contributed by atoms with van der Waals surface area (Å²) in [6.07, 6.45) is 0. The van der Waals surface area contributed by atoms with Crippen molar-refractivity contribution in [3.05, 3.63) is 46.4 Å². The van der Waals surface area contributed by atoms with Crippen molar-refractivity contribution < 1.29 is 9.90 Å². The zero-order valence-electron chi connectivity index (χ0n) is 9.64. The van der Waals surface area contributed by atoms with Gasteiger partial charge in [0, 0.05) is 17.1 Å². The molecule has 0 fully saturated rings. The number of carboxylic acids is 1. The van der Waals surface area contributed by atoms with Gasteiger partial charge in [-0.15, -0.1) is 0 Å². The van der Waals surface area contributed by atoms with Gasteiger partial charge in [0.1, 0.15) is 11.4 Å². The van der Waals surface area contributed by atoms with Crippen LogP contribution in [-0.4, -0.2) is 23.1 Å². The summed E-state index contributed by atoms with van der Waals surface area (Å²) < 4.78 is 0.988. The third-order valence-corrected chi connectivity index (χ3v) is 3.03. The van der Waals surface area contributed by atoms with Crippen LogP contribution in [0.3, 0.4) is 0 Å². The lowest BCUT2D eigenvalue weighted by molar-refractivity contribution is 0.0697. The van der Waals surface area contributed by atoms with E-state index in [1.54, 1.807) is 19.2 Å². The first kappa shape index (κ1) is 12.6. The van der Waals surface area contributed by atoms with Crippen LogP contribution in [-0.2, 0) is 0 Å². The Morgan fingerprint density at radius 1 is 1.22 bits per heavy atom. The quantitative estimate of drug-likeness (QED) is 0.913. The number of nitrogens with zero attached hydrogens (tertiary/aromatic N) is 1. The van der Waals surface area contributed by atoms with Crippen LogP contribution >= 0.6 is 15.9 Å². The zero-order valence-corrected chi connectivity index (χ0v) is 11.2. The molecule has 0 saturated heterocycles. The lowest BCUT2D eigenvalue weighted by Gasteiger charge is -2.07.